The van der Waals surface area contributed by atoms with E-state index in [2.05, 4.69) is 45.8 Å². The number of carboxylic acid groups (broad SMARTS) is 1. The van der Waals surface area contributed by atoms with Gasteiger partial charge in [0.15, 0.2) is 28.1 Å². The Kier molecular flexibility index (Phi) is 10.4. The minimum absolute atomic E-state index is 0.191. The topological polar surface area (TPSA) is 83.5 Å². The monoisotopic (exact) mass is 514 g/mol. The number of ether oxygens (including phenoxy) is 3. The fraction of sp³-hybridized carbons (Fsp3) is 0.609. The van der Waals surface area contributed by atoms with Gasteiger partial charge in [-0.1, -0.05) is 6.92 Å². The Morgan fingerprint density at radius 1 is 0.909 bits per heavy atom. The van der Waals surface area contributed by atoms with Gasteiger partial charge in [-0.3, -0.25) is 0 Å². The minimum atomic E-state index is -2.45. The summed E-state index contributed by atoms with van der Waals surface area (Å²) in [6, 6.07) is 4.24. The van der Waals surface area contributed by atoms with E-state index in [1.807, 2.05) is 6.92 Å². The van der Waals surface area contributed by atoms with Crippen LogP contribution in [-0.2, 0) is 13.0 Å². The Balaban J connectivity index is 3.24. The van der Waals surface area contributed by atoms with Gasteiger partial charge in [0.05, 0.1) is 21.3 Å². The Labute approximate surface area is 202 Å². The highest BCUT2D eigenvalue weighted by atomic mass is 28.5. The molecule has 0 aliphatic rings. The van der Waals surface area contributed by atoms with Gasteiger partial charge in [0, 0.05) is 5.57 Å². The molecule has 1 atom stereocenters. The molecule has 188 valence electrons. The Bertz CT molecular complexity index is 800. The van der Waals surface area contributed by atoms with Crippen molar-refractivity contribution in [2.45, 2.75) is 65.2 Å². The summed E-state index contributed by atoms with van der Waals surface area (Å²) in [6.07, 6.45) is 2.34. The van der Waals surface area contributed by atoms with Crippen LogP contribution < -0.4 is 14.2 Å². The van der Waals surface area contributed by atoms with E-state index in [0.29, 0.717) is 34.8 Å². The third-order valence-corrected chi connectivity index (χ3v) is 14.4. The number of carboxylic acids is 1. The molecule has 0 saturated carbocycles. The summed E-state index contributed by atoms with van der Waals surface area (Å²) in [7, 11) is -1.48. The zero-order valence-corrected chi connectivity index (χ0v) is 25.1. The first-order chi connectivity index (χ1) is 15.0. The molecule has 1 unspecified atom stereocenters. The largest absolute Gasteiger partial charge is 0.493 e. The molecule has 0 aliphatic heterocycles. The van der Waals surface area contributed by atoms with Gasteiger partial charge >= 0.3 is 14.5 Å². The summed E-state index contributed by atoms with van der Waals surface area (Å²) in [5, 5.41) is 9.97. The van der Waals surface area contributed by atoms with Gasteiger partial charge < -0.3 is 27.5 Å². The summed E-state index contributed by atoms with van der Waals surface area (Å²) >= 11 is 0. The zero-order valence-electron chi connectivity index (χ0n) is 22.1. The highest BCUT2D eigenvalue weighted by Crippen LogP contribution is 2.39. The summed E-state index contributed by atoms with van der Waals surface area (Å²) in [5.41, 5.74) is 0.993. The number of hydrogen-bond acceptors (Lipinski definition) is 6. The highest BCUT2D eigenvalue weighted by Gasteiger charge is 2.40. The van der Waals surface area contributed by atoms with Crippen LogP contribution in [0.4, 0.5) is 0 Å². The van der Waals surface area contributed by atoms with E-state index in [1.54, 1.807) is 18.2 Å². The predicted octanol–water partition coefficient (Wildman–Crippen LogP) is 5.98. The third kappa shape index (κ3) is 9.65. The van der Waals surface area contributed by atoms with E-state index in [1.165, 1.54) is 21.3 Å². The van der Waals surface area contributed by atoms with Crippen molar-refractivity contribution in [2.75, 3.05) is 21.3 Å². The molecule has 1 aromatic rings. The zero-order chi connectivity index (χ0) is 25.6. The molecule has 1 rings (SSSR count). The maximum Gasteiger partial charge on any atom is 0.331 e. The van der Waals surface area contributed by atoms with Crippen molar-refractivity contribution in [3.05, 3.63) is 23.3 Å². The van der Waals surface area contributed by atoms with Crippen molar-refractivity contribution in [1.29, 1.82) is 0 Å². The van der Waals surface area contributed by atoms with E-state index in [-0.39, 0.29) is 5.92 Å². The molecule has 0 spiro atoms. The number of aliphatic carboxylic acids is 1. The second-order valence-corrected chi connectivity index (χ2v) is 23.2. The predicted molar refractivity (Wildman–Crippen MR) is 141 cm³/mol. The fourth-order valence-electron chi connectivity index (χ4n) is 3.83. The molecule has 0 fully saturated rings. The number of benzene rings is 1. The number of hydrogen-bond donors (Lipinski definition) is 1. The van der Waals surface area contributed by atoms with Gasteiger partial charge in [0.25, 0.3) is 0 Å². The van der Waals surface area contributed by atoms with Gasteiger partial charge in [-0.15, -0.1) is 0 Å². The Morgan fingerprint density at radius 3 is 1.70 bits per heavy atom. The quantitative estimate of drug-likeness (QED) is 0.256. The van der Waals surface area contributed by atoms with E-state index >= 15 is 0 Å². The van der Waals surface area contributed by atoms with Gasteiger partial charge in [-0.05, 0) is 88.0 Å². The second kappa shape index (κ2) is 11.7. The number of carbonyl (C=O) groups is 1. The lowest BCUT2D eigenvalue weighted by molar-refractivity contribution is -0.133. The van der Waals surface area contributed by atoms with Crippen molar-refractivity contribution in [3.63, 3.8) is 0 Å². The van der Waals surface area contributed by atoms with Crippen LogP contribution in [0.5, 0.6) is 17.2 Å². The van der Waals surface area contributed by atoms with Crippen LogP contribution in [0.15, 0.2) is 17.7 Å². The molecule has 7 nitrogen and oxygen atoms in total. The van der Waals surface area contributed by atoms with Gasteiger partial charge in [0.1, 0.15) is 0 Å². The molecule has 0 bridgehead atoms. The molecule has 0 aromatic heterocycles. The van der Waals surface area contributed by atoms with Gasteiger partial charge in [-0.2, -0.15) is 0 Å². The van der Waals surface area contributed by atoms with Gasteiger partial charge in [-0.25, -0.2) is 4.79 Å². The van der Waals surface area contributed by atoms with Crippen LogP contribution in [0, 0.1) is 5.92 Å². The molecule has 1 N–H and O–H groups in total. The average Bonchev–Trinajstić information content (AvgIpc) is 2.66. The van der Waals surface area contributed by atoms with Crippen molar-refractivity contribution in [3.8, 4) is 17.2 Å². The first-order valence-corrected chi connectivity index (χ1v) is 20.5. The molecule has 0 heterocycles. The van der Waals surface area contributed by atoms with Crippen molar-refractivity contribution in [1.82, 2.24) is 0 Å². The van der Waals surface area contributed by atoms with Crippen LogP contribution in [0.3, 0.4) is 0 Å². The van der Waals surface area contributed by atoms with Crippen LogP contribution in [0.25, 0.3) is 6.08 Å². The standard InChI is InChI=1S/C23H42O7Si3/c1-17(12-13-33(11,29-31(5,6)7)30-32(8,9)10)19(23(24)25)14-18-15-20(26-2)22(28-4)21(16-18)27-3/h14-17H,12-13H2,1-11H3,(H,24,25). The lowest BCUT2D eigenvalue weighted by atomic mass is 9.96. The highest BCUT2D eigenvalue weighted by molar-refractivity contribution is 6.87. The summed E-state index contributed by atoms with van der Waals surface area (Å²) in [6.45, 7) is 17.1. The molecular weight excluding hydrogens is 473 g/mol. The summed E-state index contributed by atoms with van der Waals surface area (Å²) in [5.74, 6) is 0.289. The van der Waals surface area contributed by atoms with Crippen molar-refractivity contribution < 1.29 is 32.3 Å². The summed E-state index contributed by atoms with van der Waals surface area (Å²) in [4.78, 5) is 12.2. The number of methoxy groups -OCH3 is 3. The lowest BCUT2D eigenvalue weighted by Crippen LogP contribution is -2.52. The van der Waals surface area contributed by atoms with Crippen LogP contribution in [-0.4, -0.2) is 57.6 Å². The smallest absolute Gasteiger partial charge is 0.331 e. The molecule has 0 amide bonds. The molecule has 10 heteroatoms. The minimum Gasteiger partial charge on any atom is -0.493 e. The first-order valence-electron chi connectivity index (χ1n) is 11.2. The maximum atomic E-state index is 12.2. The van der Waals surface area contributed by atoms with E-state index in [9.17, 15) is 9.90 Å². The molecule has 0 saturated heterocycles. The molecule has 0 aliphatic carbocycles. The van der Waals surface area contributed by atoms with E-state index in [4.69, 9.17) is 22.4 Å². The van der Waals surface area contributed by atoms with E-state index in [0.717, 1.165) is 6.04 Å². The Hall–Kier alpha value is -1.60. The fourth-order valence-corrected chi connectivity index (χ4v) is 16.5. The molecule has 0 radical (unpaired) electrons. The Morgan fingerprint density at radius 2 is 1.36 bits per heavy atom. The average molecular weight is 515 g/mol. The van der Waals surface area contributed by atoms with E-state index < -0.39 is 31.2 Å². The van der Waals surface area contributed by atoms with Gasteiger partial charge in [0.2, 0.25) is 5.75 Å². The van der Waals surface area contributed by atoms with Crippen LogP contribution in [0.1, 0.15) is 18.9 Å². The summed E-state index contributed by atoms with van der Waals surface area (Å²) < 4.78 is 29.3. The van der Waals surface area contributed by atoms with Crippen LogP contribution >= 0.6 is 0 Å². The maximum absolute atomic E-state index is 12.2. The SMILES string of the molecule is COc1cc(C=C(C(=O)O)C(C)CC[Si](C)(O[Si](C)(C)C)O[Si](C)(C)C)cc(OC)c1OC. The molecular formula is C23H42O7Si3. The van der Waals surface area contributed by atoms with Crippen molar-refractivity contribution in [2.24, 2.45) is 5.92 Å². The van der Waals surface area contributed by atoms with Crippen molar-refractivity contribution >= 4 is 37.2 Å². The molecule has 33 heavy (non-hydrogen) atoms. The normalized spacial score (nSPS) is 14.1. The first kappa shape index (κ1) is 29.4. The lowest BCUT2D eigenvalue weighted by Gasteiger charge is -2.39. The second-order valence-electron chi connectivity index (χ2n) is 10.4. The molecule has 1 aromatic carbocycles. The number of rotatable bonds is 13. The third-order valence-electron chi connectivity index (χ3n) is 4.86. The van der Waals surface area contributed by atoms with Crippen LogP contribution in [0.2, 0.25) is 51.9 Å².